The van der Waals surface area contributed by atoms with E-state index < -0.39 is 0 Å². The molecule has 1 aliphatic heterocycles. The summed E-state index contributed by atoms with van der Waals surface area (Å²) in [6.45, 7) is 4.67. The zero-order chi connectivity index (χ0) is 16.5. The van der Waals surface area contributed by atoms with Crippen molar-refractivity contribution in [3.05, 3.63) is 35.9 Å². The highest BCUT2D eigenvalue weighted by Crippen LogP contribution is 2.24. The summed E-state index contributed by atoms with van der Waals surface area (Å²) in [5.74, 6) is 2.72. The predicted octanol–water partition coefficient (Wildman–Crippen LogP) is 1.83. The number of rotatable bonds is 3. The van der Waals surface area contributed by atoms with Gasteiger partial charge in [-0.3, -0.25) is 10.00 Å². The van der Waals surface area contributed by atoms with Gasteiger partial charge in [0.1, 0.15) is 5.82 Å². The number of nitrogens with one attached hydrogen (secondary N) is 2. The average Bonchev–Trinajstić information content (AvgIpc) is 3.25. The lowest BCUT2D eigenvalue weighted by atomic mass is 10.1. The fraction of sp³-hybridized carbons (Fsp3) is 0.375. The summed E-state index contributed by atoms with van der Waals surface area (Å²) in [5, 5.41) is 14.5. The molecule has 2 aromatic heterocycles. The fourth-order valence-corrected chi connectivity index (χ4v) is 2.82. The normalized spacial score (nSPS) is 18.1. The first-order chi connectivity index (χ1) is 11.7. The summed E-state index contributed by atoms with van der Waals surface area (Å²) in [6, 6.07) is 7.95. The second kappa shape index (κ2) is 7.30. The van der Waals surface area contributed by atoms with Crippen molar-refractivity contribution in [2.45, 2.75) is 13.0 Å². The number of benzene rings is 1. The Bertz CT molecular complexity index is 829. The maximum absolute atomic E-state index is 5.45. The molecule has 132 valence electrons. The summed E-state index contributed by atoms with van der Waals surface area (Å²) in [4.78, 5) is 11.1. The second-order valence-electron chi connectivity index (χ2n) is 5.98. The Kier molecular flexibility index (Phi) is 5.12. The van der Waals surface area contributed by atoms with Gasteiger partial charge in [-0.25, -0.2) is 4.98 Å². The Balaban J connectivity index is 0.00000182. The molecule has 0 saturated carbocycles. The smallest absolute Gasteiger partial charge is 0.257 e. The number of halogens is 1. The van der Waals surface area contributed by atoms with Gasteiger partial charge in [-0.2, -0.15) is 10.1 Å². The zero-order valence-electron chi connectivity index (χ0n) is 14.1. The summed E-state index contributed by atoms with van der Waals surface area (Å²) < 4.78 is 5.45. The van der Waals surface area contributed by atoms with Crippen LogP contribution in [0.1, 0.15) is 17.7 Å². The van der Waals surface area contributed by atoms with Crippen LogP contribution in [0, 0.1) is 6.92 Å². The third-order valence-electron chi connectivity index (χ3n) is 4.24. The molecule has 0 amide bonds. The van der Waals surface area contributed by atoms with Gasteiger partial charge in [-0.05, 0) is 26.1 Å². The van der Waals surface area contributed by atoms with Gasteiger partial charge in [0.15, 0.2) is 11.6 Å². The molecule has 1 unspecified atom stereocenters. The monoisotopic (exact) mass is 361 g/mol. The molecule has 1 saturated heterocycles. The summed E-state index contributed by atoms with van der Waals surface area (Å²) in [7, 11) is 2.08. The maximum atomic E-state index is 5.45. The molecule has 1 atom stereocenters. The van der Waals surface area contributed by atoms with E-state index in [1.54, 1.807) is 0 Å². The minimum atomic E-state index is 0. The van der Waals surface area contributed by atoms with E-state index in [4.69, 9.17) is 4.52 Å². The fourth-order valence-electron chi connectivity index (χ4n) is 2.82. The van der Waals surface area contributed by atoms with E-state index in [0.29, 0.717) is 17.5 Å². The minimum absolute atomic E-state index is 0. The van der Waals surface area contributed by atoms with Crippen molar-refractivity contribution in [1.29, 1.82) is 0 Å². The molecule has 1 aromatic carbocycles. The molecule has 2 N–H and O–H groups in total. The maximum Gasteiger partial charge on any atom is 0.257 e. The van der Waals surface area contributed by atoms with Crippen molar-refractivity contribution >= 4 is 12.4 Å². The first-order valence-electron chi connectivity index (χ1n) is 7.95. The van der Waals surface area contributed by atoms with Crippen LogP contribution in [0.25, 0.3) is 22.8 Å². The number of aryl methyl sites for hydroxylation is 1. The Labute approximate surface area is 151 Å². The van der Waals surface area contributed by atoms with Crippen LogP contribution in [0.15, 0.2) is 28.8 Å². The molecular weight excluding hydrogens is 342 g/mol. The number of likely N-dealkylation sites (N-methyl/N-ethyl adjacent to an activating group) is 1. The SMILES string of the molecule is Cc1nc(-c2ccc(-c3nc(C4CNCCN4C)no3)cc2)n[nH]1.Cl. The van der Waals surface area contributed by atoms with Gasteiger partial charge in [0.2, 0.25) is 0 Å². The number of H-pyrrole nitrogens is 1. The van der Waals surface area contributed by atoms with Gasteiger partial charge in [0, 0.05) is 30.8 Å². The lowest BCUT2D eigenvalue weighted by Crippen LogP contribution is -2.44. The summed E-state index contributed by atoms with van der Waals surface area (Å²) in [5.41, 5.74) is 1.83. The summed E-state index contributed by atoms with van der Waals surface area (Å²) >= 11 is 0. The van der Waals surface area contributed by atoms with Crippen molar-refractivity contribution < 1.29 is 4.52 Å². The standard InChI is InChI=1S/C16H19N7O.ClH/c1-10-18-14(21-20-10)11-3-5-12(6-4-11)16-19-15(22-24-16)13-9-17-7-8-23(13)2;/h3-6,13,17H,7-9H2,1-2H3,(H,18,20,21);1H. The van der Waals surface area contributed by atoms with Crippen molar-refractivity contribution in [3.8, 4) is 22.8 Å². The van der Waals surface area contributed by atoms with Gasteiger partial charge in [-0.15, -0.1) is 12.4 Å². The van der Waals surface area contributed by atoms with Crippen LogP contribution in [-0.4, -0.2) is 56.9 Å². The molecule has 1 fully saturated rings. The number of hydrogen-bond donors (Lipinski definition) is 2. The Morgan fingerprint density at radius 3 is 2.60 bits per heavy atom. The van der Waals surface area contributed by atoms with E-state index in [1.807, 2.05) is 31.2 Å². The lowest BCUT2D eigenvalue weighted by Gasteiger charge is -2.30. The predicted molar refractivity (Wildman–Crippen MR) is 95.3 cm³/mol. The Morgan fingerprint density at radius 1 is 1.16 bits per heavy atom. The first-order valence-corrected chi connectivity index (χ1v) is 7.95. The molecule has 3 aromatic rings. The van der Waals surface area contributed by atoms with Gasteiger partial charge in [0.25, 0.3) is 5.89 Å². The topological polar surface area (TPSA) is 95.8 Å². The van der Waals surface area contributed by atoms with Crippen LogP contribution in [0.2, 0.25) is 0 Å². The molecule has 8 nitrogen and oxygen atoms in total. The highest BCUT2D eigenvalue weighted by atomic mass is 35.5. The van der Waals surface area contributed by atoms with Gasteiger partial charge >= 0.3 is 0 Å². The van der Waals surface area contributed by atoms with E-state index >= 15 is 0 Å². The van der Waals surface area contributed by atoms with E-state index in [9.17, 15) is 0 Å². The van der Waals surface area contributed by atoms with Crippen LogP contribution >= 0.6 is 12.4 Å². The van der Waals surface area contributed by atoms with E-state index in [1.165, 1.54) is 0 Å². The van der Waals surface area contributed by atoms with Crippen LogP contribution in [-0.2, 0) is 0 Å². The highest BCUT2D eigenvalue weighted by Gasteiger charge is 2.25. The first kappa shape index (κ1) is 17.5. The second-order valence-corrected chi connectivity index (χ2v) is 5.98. The largest absolute Gasteiger partial charge is 0.334 e. The number of nitrogens with zero attached hydrogens (tertiary/aromatic N) is 5. The van der Waals surface area contributed by atoms with Gasteiger partial charge < -0.3 is 9.84 Å². The molecule has 9 heteroatoms. The van der Waals surface area contributed by atoms with Crippen molar-refractivity contribution in [3.63, 3.8) is 0 Å². The van der Waals surface area contributed by atoms with Crippen molar-refractivity contribution in [2.75, 3.05) is 26.7 Å². The van der Waals surface area contributed by atoms with E-state index in [0.717, 1.165) is 36.6 Å². The lowest BCUT2D eigenvalue weighted by molar-refractivity contribution is 0.190. The van der Waals surface area contributed by atoms with Crippen molar-refractivity contribution in [2.24, 2.45) is 0 Å². The number of hydrogen-bond acceptors (Lipinski definition) is 7. The number of aromatic nitrogens is 5. The zero-order valence-corrected chi connectivity index (χ0v) is 14.9. The molecule has 3 heterocycles. The van der Waals surface area contributed by atoms with Crippen molar-refractivity contribution in [1.82, 2.24) is 35.5 Å². The molecule has 0 bridgehead atoms. The molecule has 25 heavy (non-hydrogen) atoms. The Morgan fingerprint density at radius 2 is 1.92 bits per heavy atom. The molecule has 0 radical (unpaired) electrons. The van der Waals surface area contributed by atoms with Crippen LogP contribution < -0.4 is 5.32 Å². The molecule has 1 aliphatic rings. The molecule has 4 rings (SSSR count). The molecule has 0 spiro atoms. The van der Waals surface area contributed by atoms with Crippen LogP contribution in [0.5, 0.6) is 0 Å². The third kappa shape index (κ3) is 3.55. The van der Waals surface area contributed by atoms with Crippen LogP contribution in [0.3, 0.4) is 0 Å². The number of piperazine rings is 1. The van der Waals surface area contributed by atoms with E-state index in [-0.39, 0.29) is 18.4 Å². The summed E-state index contributed by atoms with van der Waals surface area (Å²) in [6.07, 6.45) is 0. The average molecular weight is 362 g/mol. The molecule has 0 aliphatic carbocycles. The Hall–Kier alpha value is -2.29. The third-order valence-corrected chi connectivity index (χ3v) is 4.24. The van der Waals surface area contributed by atoms with E-state index in [2.05, 4.69) is 42.6 Å². The van der Waals surface area contributed by atoms with Gasteiger partial charge in [0.05, 0.1) is 6.04 Å². The van der Waals surface area contributed by atoms with Gasteiger partial charge in [-0.1, -0.05) is 17.3 Å². The highest BCUT2D eigenvalue weighted by molar-refractivity contribution is 5.85. The molecular formula is C16H20ClN7O. The minimum Gasteiger partial charge on any atom is -0.334 e. The quantitative estimate of drug-likeness (QED) is 0.734. The van der Waals surface area contributed by atoms with Crippen LogP contribution in [0.4, 0.5) is 0 Å². The number of aromatic amines is 1.